The van der Waals surface area contributed by atoms with Crippen LogP contribution in [0.2, 0.25) is 0 Å². The maximum atomic E-state index is 13.5. The molecule has 37 heavy (non-hydrogen) atoms. The first-order valence-electron chi connectivity index (χ1n) is 13.1. The first kappa shape index (κ1) is 24.3. The summed E-state index contributed by atoms with van der Waals surface area (Å²) in [4.78, 5) is 29.4. The van der Waals surface area contributed by atoms with Crippen molar-refractivity contribution in [3.05, 3.63) is 64.7 Å². The summed E-state index contributed by atoms with van der Waals surface area (Å²) in [6, 6.07) is 15.5. The zero-order valence-corrected chi connectivity index (χ0v) is 21.7. The summed E-state index contributed by atoms with van der Waals surface area (Å²) < 4.78 is 6.00. The summed E-state index contributed by atoms with van der Waals surface area (Å²) in [6.45, 7) is 2.79. The lowest BCUT2D eigenvalue weighted by molar-refractivity contribution is -0.117. The molecule has 0 radical (unpaired) electrons. The molecular weight excluding hydrogens is 486 g/mol. The lowest BCUT2D eigenvalue weighted by Crippen LogP contribution is -2.62. The quantitative estimate of drug-likeness (QED) is 0.476. The number of nitrogens with one attached hydrogen (secondary N) is 3. The molecule has 0 spiro atoms. The Kier molecular flexibility index (Phi) is 6.60. The van der Waals surface area contributed by atoms with E-state index in [2.05, 4.69) is 16.0 Å². The molecule has 194 valence electrons. The van der Waals surface area contributed by atoms with Gasteiger partial charge in [-0.2, -0.15) is 0 Å². The van der Waals surface area contributed by atoms with Gasteiger partial charge in [-0.05, 0) is 81.5 Å². The molecule has 3 amide bonds. The minimum absolute atomic E-state index is 0.0189. The van der Waals surface area contributed by atoms with Crippen molar-refractivity contribution in [3.63, 3.8) is 0 Å². The van der Waals surface area contributed by atoms with Crippen LogP contribution in [0, 0.1) is 12.8 Å². The number of hydrogen-bond acceptors (Lipinski definition) is 6. The second-order valence-corrected chi connectivity index (χ2v) is 11.5. The van der Waals surface area contributed by atoms with E-state index in [4.69, 9.17) is 10.5 Å². The van der Waals surface area contributed by atoms with Crippen LogP contribution in [0.3, 0.4) is 0 Å². The van der Waals surface area contributed by atoms with Crippen LogP contribution in [0.5, 0.6) is 11.5 Å². The number of anilines is 1. The normalized spacial score (nSPS) is 29.0. The SMILES string of the molecule is Cc1cc(Oc2ccccc2)ccc1N1C(=O)NC2=C(C(=O)N[C@@H]3CCC[C@H](N)C3)SC3NCCC1C23. The fourth-order valence-electron chi connectivity index (χ4n) is 6.10. The molecule has 3 aliphatic heterocycles. The van der Waals surface area contributed by atoms with E-state index in [-0.39, 0.29) is 41.4 Å². The molecule has 1 saturated carbocycles. The number of carbonyl (C=O) groups excluding carboxylic acids is 2. The van der Waals surface area contributed by atoms with Crippen LogP contribution in [-0.2, 0) is 4.79 Å². The molecule has 0 aromatic heterocycles. The van der Waals surface area contributed by atoms with Gasteiger partial charge in [0, 0.05) is 29.4 Å². The van der Waals surface area contributed by atoms with Gasteiger partial charge in [-0.3, -0.25) is 9.69 Å². The lowest BCUT2D eigenvalue weighted by Gasteiger charge is -2.46. The van der Waals surface area contributed by atoms with Crippen LogP contribution < -0.4 is 31.3 Å². The summed E-state index contributed by atoms with van der Waals surface area (Å²) >= 11 is 1.54. The second kappa shape index (κ2) is 10.0. The number of rotatable bonds is 5. The van der Waals surface area contributed by atoms with Crippen LogP contribution >= 0.6 is 11.8 Å². The number of para-hydroxylation sites is 1. The highest BCUT2D eigenvalue weighted by molar-refractivity contribution is 8.04. The van der Waals surface area contributed by atoms with E-state index >= 15 is 0 Å². The Hall–Kier alpha value is -3.01. The highest BCUT2D eigenvalue weighted by Gasteiger charge is 2.52. The van der Waals surface area contributed by atoms with E-state index < -0.39 is 0 Å². The molecular formula is C28H33N5O3S. The van der Waals surface area contributed by atoms with E-state index in [9.17, 15) is 9.59 Å². The van der Waals surface area contributed by atoms with Gasteiger partial charge in [0.25, 0.3) is 5.91 Å². The smallest absolute Gasteiger partial charge is 0.326 e. The van der Waals surface area contributed by atoms with Gasteiger partial charge >= 0.3 is 6.03 Å². The number of thioether (sulfide) groups is 1. The number of aryl methyl sites for hydroxylation is 1. The number of benzene rings is 2. The number of urea groups is 1. The van der Waals surface area contributed by atoms with E-state index in [1.54, 1.807) is 0 Å². The molecule has 5 atom stereocenters. The van der Waals surface area contributed by atoms with Gasteiger partial charge in [-0.25, -0.2) is 4.79 Å². The predicted octanol–water partition coefficient (Wildman–Crippen LogP) is 3.97. The number of nitrogens with zero attached hydrogens (tertiary/aromatic N) is 1. The van der Waals surface area contributed by atoms with Gasteiger partial charge in [-0.1, -0.05) is 30.0 Å². The van der Waals surface area contributed by atoms with Crippen molar-refractivity contribution in [1.82, 2.24) is 16.0 Å². The first-order valence-corrected chi connectivity index (χ1v) is 14.0. The molecule has 2 aromatic carbocycles. The summed E-state index contributed by atoms with van der Waals surface area (Å²) in [6.07, 6.45) is 4.60. The molecule has 2 saturated heterocycles. The molecule has 8 nitrogen and oxygen atoms in total. The van der Waals surface area contributed by atoms with Crippen LogP contribution in [0.25, 0.3) is 0 Å². The molecule has 5 N–H and O–H groups in total. The number of carbonyl (C=O) groups is 2. The Morgan fingerprint density at radius 2 is 1.97 bits per heavy atom. The highest BCUT2D eigenvalue weighted by atomic mass is 32.2. The topological polar surface area (TPSA) is 109 Å². The molecule has 2 aromatic rings. The molecule has 9 heteroatoms. The molecule has 3 heterocycles. The third-order valence-electron chi connectivity index (χ3n) is 7.80. The largest absolute Gasteiger partial charge is 0.457 e. The Balaban J connectivity index is 1.24. The van der Waals surface area contributed by atoms with Crippen LogP contribution in [-0.4, -0.2) is 42.0 Å². The summed E-state index contributed by atoms with van der Waals surface area (Å²) in [5, 5.41) is 9.91. The Bertz CT molecular complexity index is 1240. The van der Waals surface area contributed by atoms with Crippen molar-refractivity contribution >= 4 is 29.4 Å². The zero-order chi connectivity index (χ0) is 25.5. The van der Waals surface area contributed by atoms with E-state index in [1.807, 2.05) is 60.4 Å². The van der Waals surface area contributed by atoms with Gasteiger partial charge in [0.15, 0.2) is 0 Å². The molecule has 4 aliphatic rings. The Morgan fingerprint density at radius 3 is 2.76 bits per heavy atom. The van der Waals surface area contributed by atoms with Crippen molar-refractivity contribution in [1.29, 1.82) is 0 Å². The van der Waals surface area contributed by atoms with Gasteiger partial charge in [0.05, 0.1) is 16.3 Å². The van der Waals surface area contributed by atoms with E-state index in [0.717, 1.165) is 67.1 Å². The number of piperidine rings is 1. The lowest BCUT2D eigenvalue weighted by atomic mass is 9.86. The maximum Gasteiger partial charge on any atom is 0.326 e. The van der Waals surface area contributed by atoms with Gasteiger partial charge in [0.2, 0.25) is 0 Å². The van der Waals surface area contributed by atoms with Crippen molar-refractivity contribution in [2.45, 2.75) is 62.5 Å². The molecule has 6 rings (SSSR count). The van der Waals surface area contributed by atoms with Crippen LogP contribution in [0.4, 0.5) is 10.5 Å². The Morgan fingerprint density at radius 1 is 1.14 bits per heavy atom. The minimum atomic E-state index is -0.191. The van der Waals surface area contributed by atoms with Crippen molar-refractivity contribution in [2.24, 2.45) is 11.7 Å². The van der Waals surface area contributed by atoms with Crippen LogP contribution in [0.15, 0.2) is 59.1 Å². The number of ether oxygens (including phenoxy) is 1. The number of amides is 3. The summed E-state index contributed by atoms with van der Waals surface area (Å²) in [5.74, 6) is 1.42. The molecule has 0 bridgehead atoms. The molecule has 3 fully saturated rings. The molecule has 1 aliphatic carbocycles. The summed E-state index contributed by atoms with van der Waals surface area (Å²) in [7, 11) is 0. The van der Waals surface area contributed by atoms with Gasteiger partial charge < -0.3 is 26.4 Å². The van der Waals surface area contributed by atoms with E-state index in [0.29, 0.717) is 4.91 Å². The zero-order valence-electron chi connectivity index (χ0n) is 20.9. The first-order chi connectivity index (χ1) is 18.0. The monoisotopic (exact) mass is 519 g/mol. The van der Waals surface area contributed by atoms with Crippen molar-refractivity contribution < 1.29 is 14.3 Å². The maximum absolute atomic E-state index is 13.5. The van der Waals surface area contributed by atoms with Crippen molar-refractivity contribution in [3.8, 4) is 11.5 Å². The second-order valence-electron chi connectivity index (χ2n) is 10.4. The molecule has 3 unspecified atom stereocenters. The van der Waals surface area contributed by atoms with Gasteiger partial charge in [-0.15, -0.1) is 0 Å². The minimum Gasteiger partial charge on any atom is -0.457 e. The average molecular weight is 520 g/mol. The highest BCUT2D eigenvalue weighted by Crippen LogP contribution is 2.48. The summed E-state index contributed by atoms with van der Waals surface area (Å²) in [5.41, 5.74) is 8.71. The standard InChI is InChI=1S/C28H33N5O3S/c1-16-14-20(36-19-8-3-2-4-9-19)10-11-21(16)33-22-12-13-30-27-23(22)24(32-28(33)35)25(37-27)26(34)31-18-7-5-6-17(29)15-18/h2-4,8-11,14,17-18,22-23,27,30H,5-7,12-13,15,29H2,1H3,(H,31,34)(H,32,35)/t17-,18+,22?,23?,27?/m0/s1. The third kappa shape index (κ3) is 4.71. The van der Waals surface area contributed by atoms with Gasteiger partial charge in [0.1, 0.15) is 11.5 Å². The predicted molar refractivity (Wildman–Crippen MR) is 145 cm³/mol. The Labute approximate surface area is 221 Å². The van der Waals surface area contributed by atoms with E-state index in [1.165, 1.54) is 11.8 Å². The number of hydrogen-bond donors (Lipinski definition) is 4. The fraction of sp³-hybridized carbons (Fsp3) is 0.429. The van der Waals surface area contributed by atoms with Crippen LogP contribution in [0.1, 0.15) is 37.7 Å². The third-order valence-corrected chi connectivity index (χ3v) is 9.16. The number of nitrogens with two attached hydrogens (primary N) is 1. The van der Waals surface area contributed by atoms with Crippen molar-refractivity contribution in [2.75, 3.05) is 11.4 Å². The fourth-order valence-corrected chi connectivity index (χ4v) is 7.50. The average Bonchev–Trinajstić information content (AvgIpc) is 3.25.